The van der Waals surface area contributed by atoms with E-state index < -0.39 is 5.97 Å². The number of carbonyl (C=O) groups excluding carboxylic acids is 1. The van der Waals surface area contributed by atoms with Gasteiger partial charge in [0, 0.05) is 0 Å². The first-order chi connectivity index (χ1) is 14.1. The van der Waals surface area contributed by atoms with Crippen LogP contribution in [0, 0.1) is 17.2 Å². The monoisotopic (exact) mass is 389 g/mol. The minimum absolute atomic E-state index is 0.323. The molecule has 0 heterocycles. The first-order valence-electron chi connectivity index (χ1n) is 11.0. The molecule has 3 nitrogen and oxygen atoms in total. The van der Waals surface area contributed by atoms with E-state index in [1.54, 1.807) is 12.1 Å². The average molecular weight is 390 g/mol. The van der Waals surface area contributed by atoms with Crippen LogP contribution >= 0.6 is 0 Å². The van der Waals surface area contributed by atoms with E-state index in [0.717, 1.165) is 17.9 Å². The molecule has 2 aromatic rings. The molecule has 0 atom stereocenters. The van der Waals surface area contributed by atoms with Crippen LogP contribution in [-0.4, -0.2) is 5.97 Å². The first-order valence-corrected chi connectivity index (χ1v) is 11.0. The van der Waals surface area contributed by atoms with Crippen LogP contribution in [-0.2, 0) is 6.42 Å². The lowest BCUT2D eigenvalue weighted by Crippen LogP contribution is -2.14. The third-order valence-corrected chi connectivity index (χ3v) is 6.21. The van der Waals surface area contributed by atoms with E-state index in [-0.39, 0.29) is 0 Å². The Morgan fingerprint density at radius 2 is 1.79 bits per heavy atom. The highest BCUT2D eigenvalue weighted by Crippen LogP contribution is 2.37. The SMILES string of the molecule is CCCCC1CCC(c2ccc(C(=O)Oc3ccc(CC)cc3C#N)cc2)CC1. The molecule has 152 valence electrons. The summed E-state index contributed by atoms with van der Waals surface area (Å²) in [6.07, 6.45) is 9.97. The molecule has 0 bridgehead atoms. The van der Waals surface area contributed by atoms with Gasteiger partial charge in [-0.1, -0.05) is 51.3 Å². The van der Waals surface area contributed by atoms with Crippen LogP contribution in [0.3, 0.4) is 0 Å². The van der Waals surface area contributed by atoms with E-state index >= 15 is 0 Å². The van der Waals surface area contributed by atoms with Crippen molar-refractivity contribution in [3.8, 4) is 11.8 Å². The molecule has 0 N–H and O–H groups in total. The molecule has 3 heteroatoms. The predicted molar refractivity (Wildman–Crippen MR) is 116 cm³/mol. The number of benzene rings is 2. The Hall–Kier alpha value is -2.60. The first kappa shape index (κ1) is 21.1. The average Bonchev–Trinajstić information content (AvgIpc) is 2.78. The Morgan fingerprint density at radius 1 is 1.07 bits per heavy atom. The molecule has 0 radical (unpaired) electrons. The number of esters is 1. The Morgan fingerprint density at radius 3 is 2.41 bits per heavy atom. The summed E-state index contributed by atoms with van der Waals surface area (Å²) in [5.41, 5.74) is 3.29. The van der Waals surface area contributed by atoms with Crippen LogP contribution in [0.25, 0.3) is 0 Å². The van der Waals surface area contributed by atoms with Gasteiger partial charge in [0.2, 0.25) is 0 Å². The lowest BCUT2D eigenvalue weighted by Gasteiger charge is -2.28. The number of nitrogens with zero attached hydrogens (tertiary/aromatic N) is 1. The van der Waals surface area contributed by atoms with Gasteiger partial charge in [-0.15, -0.1) is 0 Å². The van der Waals surface area contributed by atoms with Crippen molar-refractivity contribution >= 4 is 5.97 Å². The molecule has 0 spiro atoms. The molecule has 3 rings (SSSR count). The number of nitriles is 1. The molecule has 0 amide bonds. The summed E-state index contributed by atoms with van der Waals surface area (Å²) in [5, 5.41) is 9.33. The smallest absolute Gasteiger partial charge is 0.343 e. The number of rotatable bonds is 7. The van der Waals surface area contributed by atoms with Crippen molar-refractivity contribution in [2.45, 2.75) is 71.1 Å². The van der Waals surface area contributed by atoms with E-state index in [2.05, 4.69) is 25.1 Å². The fourth-order valence-corrected chi connectivity index (χ4v) is 4.30. The summed E-state index contributed by atoms with van der Waals surface area (Å²) < 4.78 is 5.50. The third-order valence-electron chi connectivity index (χ3n) is 6.21. The van der Waals surface area contributed by atoms with Gasteiger partial charge in [-0.05, 0) is 79.3 Å². The molecule has 1 saturated carbocycles. The van der Waals surface area contributed by atoms with Crippen molar-refractivity contribution in [2.24, 2.45) is 5.92 Å². The van der Waals surface area contributed by atoms with Crippen LogP contribution in [0.5, 0.6) is 5.75 Å². The Kier molecular flexibility index (Phi) is 7.47. The molecule has 29 heavy (non-hydrogen) atoms. The van der Waals surface area contributed by atoms with Gasteiger partial charge in [-0.3, -0.25) is 0 Å². The molecule has 0 saturated heterocycles. The normalized spacial score (nSPS) is 18.8. The molecule has 2 aromatic carbocycles. The maximum atomic E-state index is 12.5. The van der Waals surface area contributed by atoms with Crippen LogP contribution in [0.4, 0.5) is 0 Å². The topological polar surface area (TPSA) is 50.1 Å². The number of unbranched alkanes of at least 4 members (excludes halogenated alkanes) is 1. The number of aryl methyl sites for hydroxylation is 1. The summed E-state index contributed by atoms with van der Waals surface area (Å²) in [6.45, 7) is 4.29. The van der Waals surface area contributed by atoms with Crippen LogP contribution in [0.15, 0.2) is 42.5 Å². The van der Waals surface area contributed by atoms with Gasteiger partial charge in [0.25, 0.3) is 0 Å². The van der Waals surface area contributed by atoms with E-state index in [1.165, 1.54) is 50.5 Å². The third kappa shape index (κ3) is 5.48. The molecule has 1 aliphatic rings. The summed E-state index contributed by atoms with van der Waals surface area (Å²) in [4.78, 5) is 12.5. The minimum Gasteiger partial charge on any atom is -0.422 e. The second kappa shape index (κ2) is 10.3. The summed E-state index contributed by atoms with van der Waals surface area (Å²) >= 11 is 0. The molecular formula is C26H31NO2. The summed E-state index contributed by atoms with van der Waals surface area (Å²) in [7, 11) is 0. The van der Waals surface area contributed by atoms with Crippen molar-refractivity contribution < 1.29 is 9.53 Å². The van der Waals surface area contributed by atoms with E-state index in [4.69, 9.17) is 4.74 Å². The van der Waals surface area contributed by atoms with Gasteiger partial charge in [0.1, 0.15) is 11.8 Å². The fraction of sp³-hybridized carbons (Fsp3) is 0.462. The largest absolute Gasteiger partial charge is 0.422 e. The van der Waals surface area contributed by atoms with E-state index in [0.29, 0.717) is 22.8 Å². The Balaban J connectivity index is 1.61. The van der Waals surface area contributed by atoms with Crippen molar-refractivity contribution in [2.75, 3.05) is 0 Å². The van der Waals surface area contributed by atoms with Crippen molar-refractivity contribution in [1.82, 2.24) is 0 Å². The Labute approximate surface area is 174 Å². The van der Waals surface area contributed by atoms with E-state index in [9.17, 15) is 10.1 Å². The summed E-state index contributed by atoms with van der Waals surface area (Å²) in [6, 6.07) is 15.3. The maximum absolute atomic E-state index is 12.5. The van der Waals surface area contributed by atoms with Crippen LogP contribution < -0.4 is 4.74 Å². The lowest BCUT2D eigenvalue weighted by atomic mass is 9.77. The number of carbonyl (C=O) groups is 1. The highest BCUT2D eigenvalue weighted by Gasteiger charge is 2.22. The molecule has 1 aliphatic carbocycles. The Bertz CT molecular complexity index is 855. The molecular weight excluding hydrogens is 358 g/mol. The van der Waals surface area contributed by atoms with Gasteiger partial charge in [0.15, 0.2) is 0 Å². The zero-order chi connectivity index (χ0) is 20.6. The molecule has 0 unspecified atom stereocenters. The zero-order valence-corrected chi connectivity index (χ0v) is 17.6. The second-order valence-electron chi connectivity index (χ2n) is 8.17. The maximum Gasteiger partial charge on any atom is 0.343 e. The quantitative estimate of drug-likeness (QED) is 0.386. The van der Waals surface area contributed by atoms with Gasteiger partial charge < -0.3 is 4.74 Å². The highest BCUT2D eigenvalue weighted by atomic mass is 16.5. The van der Waals surface area contributed by atoms with Gasteiger partial charge in [-0.2, -0.15) is 5.26 Å². The van der Waals surface area contributed by atoms with Crippen molar-refractivity contribution in [3.63, 3.8) is 0 Å². The predicted octanol–water partition coefficient (Wildman–Crippen LogP) is 6.80. The second-order valence-corrected chi connectivity index (χ2v) is 8.17. The van der Waals surface area contributed by atoms with E-state index in [1.807, 2.05) is 25.1 Å². The van der Waals surface area contributed by atoms with Crippen LogP contribution in [0.2, 0.25) is 0 Å². The molecule has 1 fully saturated rings. The molecule has 0 aliphatic heterocycles. The fourth-order valence-electron chi connectivity index (χ4n) is 4.30. The zero-order valence-electron chi connectivity index (χ0n) is 17.6. The van der Waals surface area contributed by atoms with Crippen LogP contribution in [0.1, 0.15) is 91.8 Å². The van der Waals surface area contributed by atoms with Crippen molar-refractivity contribution in [1.29, 1.82) is 5.26 Å². The van der Waals surface area contributed by atoms with Crippen molar-refractivity contribution in [3.05, 3.63) is 64.7 Å². The van der Waals surface area contributed by atoms with Gasteiger partial charge in [-0.25, -0.2) is 4.79 Å². The van der Waals surface area contributed by atoms with Gasteiger partial charge in [0.05, 0.1) is 11.1 Å². The molecule has 0 aromatic heterocycles. The standard InChI is InChI=1S/C26H31NO2/c1-3-5-6-20-7-10-21(11-8-20)22-12-14-23(15-13-22)26(28)29-25-16-9-19(4-2)17-24(25)18-27/h9,12-17,20-21H,3-8,10-11H2,1-2H3. The number of hydrogen-bond donors (Lipinski definition) is 0. The highest BCUT2D eigenvalue weighted by molar-refractivity contribution is 5.91. The summed E-state index contributed by atoms with van der Waals surface area (Å²) in [5.74, 6) is 1.41. The minimum atomic E-state index is -0.416. The number of ether oxygens (including phenoxy) is 1. The lowest BCUT2D eigenvalue weighted by molar-refractivity contribution is 0.0734. The number of hydrogen-bond acceptors (Lipinski definition) is 3. The van der Waals surface area contributed by atoms with Gasteiger partial charge >= 0.3 is 5.97 Å².